The predicted octanol–water partition coefficient (Wildman–Crippen LogP) is 3.61. The molecule has 1 amide bonds. The molecular formula is C21H15N5O4. The minimum atomic E-state index is -0.516. The van der Waals surface area contributed by atoms with Crippen molar-refractivity contribution in [3.8, 4) is 17.1 Å². The monoisotopic (exact) mass is 401 g/mol. The SMILES string of the molecule is O=C(N/N=C/c1ccccc1[N+](=O)[O-])c1ccc2nc(-c3ccccc3O)[nH]c2c1. The molecule has 3 aromatic carbocycles. The number of aromatic hydroxyl groups is 1. The summed E-state index contributed by atoms with van der Waals surface area (Å²) in [4.78, 5) is 30.4. The summed E-state index contributed by atoms with van der Waals surface area (Å²) in [5.74, 6) is 0.0966. The number of benzene rings is 3. The topological polar surface area (TPSA) is 134 Å². The second-order valence-electron chi connectivity index (χ2n) is 6.35. The second kappa shape index (κ2) is 7.84. The number of nitrogens with one attached hydrogen (secondary N) is 2. The molecule has 0 aliphatic rings. The van der Waals surface area contributed by atoms with Crippen molar-refractivity contribution in [2.75, 3.05) is 0 Å². The number of hydrogen-bond acceptors (Lipinski definition) is 6. The molecule has 4 aromatic rings. The van der Waals surface area contributed by atoms with E-state index in [1.54, 1.807) is 54.6 Å². The molecule has 0 aliphatic carbocycles. The molecule has 30 heavy (non-hydrogen) atoms. The summed E-state index contributed by atoms with van der Waals surface area (Å²) in [7, 11) is 0. The Morgan fingerprint density at radius 1 is 1.13 bits per heavy atom. The number of aromatic nitrogens is 2. The number of phenolic OH excluding ortho intramolecular Hbond substituents is 1. The first-order valence-corrected chi connectivity index (χ1v) is 8.88. The maximum Gasteiger partial charge on any atom is 0.278 e. The highest BCUT2D eigenvalue weighted by atomic mass is 16.6. The van der Waals surface area contributed by atoms with Crippen LogP contribution in [-0.4, -0.2) is 32.1 Å². The molecule has 0 atom stereocenters. The third-order valence-corrected chi connectivity index (χ3v) is 4.41. The van der Waals surface area contributed by atoms with E-state index in [0.717, 1.165) is 0 Å². The number of rotatable bonds is 5. The van der Waals surface area contributed by atoms with Crippen LogP contribution in [0, 0.1) is 10.1 Å². The fourth-order valence-electron chi connectivity index (χ4n) is 2.94. The number of imidazole rings is 1. The number of fused-ring (bicyclic) bond motifs is 1. The summed E-state index contributed by atoms with van der Waals surface area (Å²) in [6.45, 7) is 0. The Morgan fingerprint density at radius 3 is 2.70 bits per heavy atom. The summed E-state index contributed by atoms with van der Waals surface area (Å²) in [5.41, 5.74) is 4.66. The largest absolute Gasteiger partial charge is 0.507 e. The van der Waals surface area contributed by atoms with Gasteiger partial charge in [0.05, 0.1) is 33.3 Å². The number of phenols is 1. The molecular weight excluding hydrogens is 386 g/mol. The molecule has 1 aromatic heterocycles. The Kier molecular flexibility index (Phi) is 4.92. The molecule has 0 bridgehead atoms. The Balaban J connectivity index is 1.54. The lowest BCUT2D eigenvalue weighted by molar-refractivity contribution is -0.385. The normalized spacial score (nSPS) is 11.1. The zero-order valence-electron chi connectivity index (χ0n) is 15.4. The predicted molar refractivity (Wildman–Crippen MR) is 111 cm³/mol. The number of aromatic amines is 1. The Morgan fingerprint density at radius 2 is 1.90 bits per heavy atom. The number of carbonyl (C=O) groups excluding carboxylic acids is 1. The van der Waals surface area contributed by atoms with Gasteiger partial charge in [0.15, 0.2) is 0 Å². The average molecular weight is 401 g/mol. The molecule has 9 nitrogen and oxygen atoms in total. The van der Waals surface area contributed by atoms with E-state index in [1.807, 2.05) is 0 Å². The lowest BCUT2D eigenvalue weighted by Gasteiger charge is -2.00. The van der Waals surface area contributed by atoms with Gasteiger partial charge in [-0.3, -0.25) is 14.9 Å². The second-order valence-corrected chi connectivity index (χ2v) is 6.35. The number of nitrogens with zero attached hydrogens (tertiary/aromatic N) is 3. The van der Waals surface area contributed by atoms with E-state index < -0.39 is 10.8 Å². The van der Waals surface area contributed by atoms with E-state index in [9.17, 15) is 20.0 Å². The Bertz CT molecular complexity index is 1300. The molecule has 0 saturated carbocycles. The van der Waals surface area contributed by atoms with Crippen molar-refractivity contribution in [3.05, 3.63) is 88.0 Å². The van der Waals surface area contributed by atoms with Gasteiger partial charge in [-0.05, 0) is 36.4 Å². The van der Waals surface area contributed by atoms with Crippen LogP contribution in [0.2, 0.25) is 0 Å². The van der Waals surface area contributed by atoms with Crippen molar-refractivity contribution in [1.29, 1.82) is 0 Å². The van der Waals surface area contributed by atoms with Gasteiger partial charge in [-0.15, -0.1) is 0 Å². The van der Waals surface area contributed by atoms with E-state index in [4.69, 9.17) is 0 Å². The van der Waals surface area contributed by atoms with Gasteiger partial charge in [0.2, 0.25) is 0 Å². The zero-order valence-corrected chi connectivity index (χ0v) is 15.4. The molecule has 1 heterocycles. The lowest BCUT2D eigenvalue weighted by Crippen LogP contribution is -2.17. The van der Waals surface area contributed by atoms with Crippen molar-refractivity contribution in [2.24, 2.45) is 5.10 Å². The van der Waals surface area contributed by atoms with Gasteiger partial charge in [-0.2, -0.15) is 5.10 Å². The fraction of sp³-hybridized carbons (Fsp3) is 0. The summed E-state index contributed by atoms with van der Waals surface area (Å²) in [6.07, 6.45) is 1.22. The Labute approximate surface area is 169 Å². The smallest absolute Gasteiger partial charge is 0.278 e. The molecule has 3 N–H and O–H groups in total. The number of nitro benzene ring substituents is 1. The number of nitro groups is 1. The van der Waals surface area contributed by atoms with Gasteiger partial charge >= 0.3 is 0 Å². The Hall–Kier alpha value is -4.53. The van der Waals surface area contributed by atoms with Crippen LogP contribution in [0.4, 0.5) is 5.69 Å². The van der Waals surface area contributed by atoms with Gasteiger partial charge in [0.1, 0.15) is 11.6 Å². The van der Waals surface area contributed by atoms with Crippen LogP contribution in [0.3, 0.4) is 0 Å². The maximum absolute atomic E-state index is 12.4. The molecule has 0 radical (unpaired) electrons. The van der Waals surface area contributed by atoms with Crippen LogP contribution in [0.25, 0.3) is 22.4 Å². The highest BCUT2D eigenvalue weighted by molar-refractivity contribution is 5.98. The van der Waals surface area contributed by atoms with Gasteiger partial charge in [-0.1, -0.05) is 24.3 Å². The standard InChI is InChI=1S/C21H15N5O4/c27-19-8-4-2-6-15(19)20-23-16-10-9-13(11-17(16)24-20)21(28)25-22-12-14-5-1-3-7-18(14)26(29)30/h1-12,27H,(H,23,24)(H,25,28)/b22-12+. The number of carbonyl (C=O) groups is 1. The number of hydrazone groups is 1. The highest BCUT2D eigenvalue weighted by Crippen LogP contribution is 2.28. The van der Waals surface area contributed by atoms with E-state index in [1.165, 1.54) is 18.3 Å². The van der Waals surface area contributed by atoms with Gasteiger partial charge in [-0.25, -0.2) is 10.4 Å². The average Bonchev–Trinajstić information content (AvgIpc) is 3.17. The zero-order chi connectivity index (χ0) is 21.1. The lowest BCUT2D eigenvalue weighted by atomic mass is 10.2. The first kappa shape index (κ1) is 18.8. The van der Waals surface area contributed by atoms with Gasteiger partial charge in [0, 0.05) is 11.6 Å². The van der Waals surface area contributed by atoms with Crippen molar-refractivity contribution in [3.63, 3.8) is 0 Å². The van der Waals surface area contributed by atoms with Crippen LogP contribution in [0.1, 0.15) is 15.9 Å². The van der Waals surface area contributed by atoms with E-state index in [0.29, 0.717) is 28.0 Å². The van der Waals surface area contributed by atoms with Crippen LogP contribution in [0.5, 0.6) is 5.75 Å². The molecule has 148 valence electrons. The number of H-pyrrole nitrogens is 1. The molecule has 0 unspecified atom stereocenters. The molecule has 9 heteroatoms. The van der Waals surface area contributed by atoms with Crippen LogP contribution >= 0.6 is 0 Å². The third-order valence-electron chi connectivity index (χ3n) is 4.41. The molecule has 0 spiro atoms. The van der Waals surface area contributed by atoms with Crippen molar-refractivity contribution < 1.29 is 14.8 Å². The fourth-order valence-corrected chi connectivity index (χ4v) is 2.94. The first-order valence-electron chi connectivity index (χ1n) is 8.88. The summed E-state index contributed by atoms with van der Waals surface area (Å²) in [6, 6.07) is 17.8. The summed E-state index contributed by atoms with van der Waals surface area (Å²) in [5, 5.41) is 24.8. The quantitative estimate of drug-likeness (QED) is 0.267. The van der Waals surface area contributed by atoms with E-state index >= 15 is 0 Å². The third kappa shape index (κ3) is 3.72. The van der Waals surface area contributed by atoms with Crippen LogP contribution in [0.15, 0.2) is 71.8 Å². The van der Waals surface area contributed by atoms with Crippen LogP contribution in [-0.2, 0) is 0 Å². The van der Waals surface area contributed by atoms with Crippen molar-refractivity contribution >= 4 is 28.8 Å². The molecule has 0 aliphatic heterocycles. The summed E-state index contributed by atoms with van der Waals surface area (Å²) < 4.78 is 0. The molecule has 0 saturated heterocycles. The number of hydrogen-bond donors (Lipinski definition) is 3. The number of para-hydroxylation sites is 2. The van der Waals surface area contributed by atoms with Crippen molar-refractivity contribution in [1.82, 2.24) is 15.4 Å². The van der Waals surface area contributed by atoms with E-state index in [2.05, 4.69) is 20.5 Å². The summed E-state index contributed by atoms with van der Waals surface area (Å²) >= 11 is 0. The molecule has 0 fully saturated rings. The van der Waals surface area contributed by atoms with Gasteiger partial charge < -0.3 is 10.1 Å². The first-order chi connectivity index (χ1) is 14.5. The minimum Gasteiger partial charge on any atom is -0.507 e. The van der Waals surface area contributed by atoms with Crippen molar-refractivity contribution in [2.45, 2.75) is 0 Å². The maximum atomic E-state index is 12.4. The highest BCUT2D eigenvalue weighted by Gasteiger charge is 2.13. The van der Waals surface area contributed by atoms with Crippen LogP contribution < -0.4 is 5.43 Å². The molecule has 4 rings (SSSR count). The number of amides is 1. The van der Waals surface area contributed by atoms with Gasteiger partial charge in [0.25, 0.3) is 11.6 Å². The minimum absolute atomic E-state index is 0.0962. The van der Waals surface area contributed by atoms with E-state index in [-0.39, 0.29) is 17.0 Å².